The Morgan fingerprint density at radius 1 is 1.43 bits per heavy atom. The molecule has 2 atom stereocenters. The predicted molar refractivity (Wildman–Crippen MR) is 83.2 cm³/mol. The molecule has 0 aliphatic heterocycles. The lowest BCUT2D eigenvalue weighted by molar-refractivity contribution is 0.0521. The van der Waals surface area contributed by atoms with Gasteiger partial charge in [0.25, 0.3) is 0 Å². The van der Waals surface area contributed by atoms with Crippen molar-refractivity contribution in [2.45, 2.75) is 65.1 Å². The van der Waals surface area contributed by atoms with Crippen molar-refractivity contribution in [3.05, 3.63) is 24.2 Å². The van der Waals surface area contributed by atoms with Crippen molar-refractivity contribution in [1.29, 1.82) is 0 Å². The Morgan fingerprint density at radius 3 is 2.67 bits per heavy atom. The Balaban J connectivity index is 2.44. The number of rotatable bonds is 7. The van der Waals surface area contributed by atoms with E-state index in [2.05, 4.69) is 24.5 Å². The average Bonchev–Trinajstić information content (AvgIpc) is 2.88. The van der Waals surface area contributed by atoms with Crippen molar-refractivity contribution in [3.63, 3.8) is 0 Å². The van der Waals surface area contributed by atoms with Gasteiger partial charge in [0.1, 0.15) is 5.60 Å². The minimum atomic E-state index is -0.470. The monoisotopic (exact) mass is 296 g/mol. The van der Waals surface area contributed by atoms with Crippen LogP contribution in [0.5, 0.6) is 0 Å². The summed E-state index contributed by atoms with van der Waals surface area (Å²) in [5.74, 6) is 0. The first-order valence-electron chi connectivity index (χ1n) is 7.56. The lowest BCUT2D eigenvalue weighted by Gasteiger charge is -2.24. The van der Waals surface area contributed by atoms with Crippen molar-refractivity contribution in [1.82, 2.24) is 10.6 Å². The number of carbonyl (C=O) groups is 1. The summed E-state index contributed by atoms with van der Waals surface area (Å²) in [6, 6.07) is 2.33. The number of nitrogens with one attached hydrogen (secondary N) is 2. The molecule has 21 heavy (non-hydrogen) atoms. The molecule has 0 spiro atoms. The van der Waals surface area contributed by atoms with Crippen LogP contribution < -0.4 is 10.6 Å². The highest BCUT2D eigenvalue weighted by Gasteiger charge is 2.18. The maximum Gasteiger partial charge on any atom is 0.407 e. The zero-order valence-corrected chi connectivity index (χ0v) is 13.7. The number of alkyl carbamates (subject to hydrolysis) is 1. The fourth-order valence-electron chi connectivity index (χ4n) is 2.08. The molecule has 1 amide bonds. The van der Waals surface area contributed by atoms with Crippen LogP contribution in [0.25, 0.3) is 0 Å². The average molecular weight is 296 g/mol. The molecule has 0 saturated carbocycles. The molecule has 2 unspecified atom stereocenters. The van der Waals surface area contributed by atoms with E-state index in [-0.39, 0.29) is 18.2 Å². The number of carbonyl (C=O) groups excluding carboxylic acids is 1. The Morgan fingerprint density at radius 2 is 2.14 bits per heavy atom. The van der Waals surface area contributed by atoms with Gasteiger partial charge in [-0.1, -0.05) is 13.3 Å². The summed E-state index contributed by atoms with van der Waals surface area (Å²) in [7, 11) is 0. The number of amides is 1. The molecule has 120 valence electrons. The third-order valence-electron chi connectivity index (χ3n) is 3.06. The zero-order valence-electron chi connectivity index (χ0n) is 13.7. The van der Waals surface area contributed by atoms with Gasteiger partial charge >= 0.3 is 6.09 Å². The van der Waals surface area contributed by atoms with Crippen LogP contribution >= 0.6 is 0 Å². The highest BCUT2D eigenvalue weighted by molar-refractivity contribution is 5.67. The molecular weight excluding hydrogens is 268 g/mol. The minimum absolute atomic E-state index is 0.181. The molecule has 0 aliphatic carbocycles. The summed E-state index contributed by atoms with van der Waals surface area (Å²) in [4.78, 5) is 11.7. The molecule has 1 heterocycles. The summed E-state index contributed by atoms with van der Waals surface area (Å²) >= 11 is 0. The lowest BCUT2D eigenvalue weighted by Crippen LogP contribution is -2.43. The third kappa shape index (κ3) is 7.18. The molecule has 0 radical (unpaired) electrons. The van der Waals surface area contributed by atoms with E-state index in [0.717, 1.165) is 18.4 Å². The maximum atomic E-state index is 11.7. The van der Waals surface area contributed by atoms with E-state index in [9.17, 15) is 4.79 Å². The quantitative estimate of drug-likeness (QED) is 0.806. The Hall–Kier alpha value is -1.49. The largest absolute Gasteiger partial charge is 0.472 e. The van der Waals surface area contributed by atoms with Crippen molar-refractivity contribution in [2.75, 3.05) is 6.54 Å². The molecule has 0 saturated heterocycles. The van der Waals surface area contributed by atoms with E-state index in [0.29, 0.717) is 6.54 Å². The van der Waals surface area contributed by atoms with Gasteiger partial charge in [0.05, 0.1) is 12.5 Å². The highest BCUT2D eigenvalue weighted by atomic mass is 16.6. The van der Waals surface area contributed by atoms with Crippen LogP contribution in [0.1, 0.15) is 59.1 Å². The van der Waals surface area contributed by atoms with E-state index >= 15 is 0 Å². The van der Waals surface area contributed by atoms with Gasteiger partial charge in [0.2, 0.25) is 0 Å². The normalized spacial score (nSPS) is 14.5. The van der Waals surface area contributed by atoms with Crippen LogP contribution in [0.3, 0.4) is 0 Å². The molecule has 0 fully saturated rings. The fraction of sp³-hybridized carbons (Fsp3) is 0.688. The van der Waals surface area contributed by atoms with Crippen LogP contribution in [0, 0.1) is 0 Å². The van der Waals surface area contributed by atoms with Gasteiger partial charge in [-0.05, 0) is 40.2 Å². The summed E-state index contributed by atoms with van der Waals surface area (Å²) in [6.07, 6.45) is 5.06. The number of hydrogen-bond acceptors (Lipinski definition) is 4. The van der Waals surface area contributed by atoms with Gasteiger partial charge in [-0.25, -0.2) is 4.79 Å². The first-order valence-corrected chi connectivity index (χ1v) is 7.56. The van der Waals surface area contributed by atoms with Crippen molar-refractivity contribution in [3.8, 4) is 0 Å². The Labute approximate surface area is 127 Å². The summed E-state index contributed by atoms with van der Waals surface area (Å²) < 4.78 is 10.4. The van der Waals surface area contributed by atoms with Crippen LogP contribution in [0.4, 0.5) is 4.79 Å². The van der Waals surface area contributed by atoms with Gasteiger partial charge < -0.3 is 19.8 Å². The maximum absolute atomic E-state index is 11.7. The van der Waals surface area contributed by atoms with Gasteiger partial charge in [-0.2, -0.15) is 0 Å². The second-order valence-electron chi connectivity index (χ2n) is 6.31. The second kappa shape index (κ2) is 8.08. The third-order valence-corrected chi connectivity index (χ3v) is 3.06. The predicted octanol–water partition coefficient (Wildman–Crippen LogP) is 3.62. The van der Waals surface area contributed by atoms with E-state index in [4.69, 9.17) is 9.15 Å². The van der Waals surface area contributed by atoms with Crippen LogP contribution in [-0.2, 0) is 4.74 Å². The Bertz CT molecular complexity index is 410. The first kappa shape index (κ1) is 17.6. The van der Waals surface area contributed by atoms with Crippen LogP contribution in [0.15, 0.2) is 23.0 Å². The van der Waals surface area contributed by atoms with E-state index in [1.54, 1.807) is 12.5 Å². The molecule has 2 N–H and O–H groups in total. The SMILES string of the molecule is CCCC(CNC(=O)OC(C)(C)C)NC(C)c1ccoc1. The summed E-state index contributed by atoms with van der Waals surface area (Å²) in [5.41, 5.74) is 0.635. The first-order chi connectivity index (χ1) is 9.81. The van der Waals surface area contributed by atoms with E-state index in [1.807, 2.05) is 26.8 Å². The van der Waals surface area contributed by atoms with Gasteiger partial charge in [0.15, 0.2) is 0 Å². The summed E-state index contributed by atoms with van der Waals surface area (Å²) in [6.45, 7) is 10.3. The van der Waals surface area contributed by atoms with E-state index < -0.39 is 5.60 Å². The lowest BCUT2D eigenvalue weighted by atomic mass is 10.1. The smallest absolute Gasteiger partial charge is 0.407 e. The number of hydrogen-bond donors (Lipinski definition) is 2. The molecule has 5 heteroatoms. The number of ether oxygens (including phenoxy) is 1. The minimum Gasteiger partial charge on any atom is -0.472 e. The van der Waals surface area contributed by atoms with Crippen LogP contribution in [0.2, 0.25) is 0 Å². The second-order valence-corrected chi connectivity index (χ2v) is 6.31. The van der Waals surface area contributed by atoms with Crippen LogP contribution in [-0.4, -0.2) is 24.3 Å². The molecule has 1 rings (SSSR count). The van der Waals surface area contributed by atoms with Crippen molar-refractivity contribution < 1.29 is 13.9 Å². The molecule has 0 aromatic carbocycles. The van der Waals surface area contributed by atoms with Crippen molar-refractivity contribution in [2.24, 2.45) is 0 Å². The van der Waals surface area contributed by atoms with Gasteiger partial charge in [0, 0.05) is 24.2 Å². The standard InChI is InChI=1S/C16H28N2O3/c1-6-7-14(10-17-15(19)21-16(3,4)5)18-12(2)13-8-9-20-11-13/h8-9,11-12,14,18H,6-7,10H2,1-5H3,(H,17,19). The topological polar surface area (TPSA) is 63.5 Å². The van der Waals surface area contributed by atoms with Gasteiger partial charge in [-0.15, -0.1) is 0 Å². The molecule has 1 aromatic rings. The highest BCUT2D eigenvalue weighted by Crippen LogP contribution is 2.14. The molecular formula is C16H28N2O3. The van der Waals surface area contributed by atoms with Gasteiger partial charge in [-0.3, -0.25) is 0 Å². The van der Waals surface area contributed by atoms with Crippen molar-refractivity contribution >= 4 is 6.09 Å². The summed E-state index contributed by atoms with van der Waals surface area (Å²) in [5, 5.41) is 6.34. The van der Waals surface area contributed by atoms with E-state index in [1.165, 1.54) is 0 Å². The molecule has 5 nitrogen and oxygen atoms in total. The fourth-order valence-corrected chi connectivity index (χ4v) is 2.08. The molecule has 0 aliphatic rings. The molecule has 1 aromatic heterocycles. The number of furan rings is 1. The Kier molecular flexibility index (Phi) is 6.75. The molecule has 0 bridgehead atoms. The zero-order chi connectivity index (χ0) is 15.9.